The van der Waals surface area contributed by atoms with Crippen LogP contribution < -0.4 is 5.73 Å². The van der Waals surface area contributed by atoms with Crippen molar-refractivity contribution in [3.63, 3.8) is 0 Å². The van der Waals surface area contributed by atoms with Gasteiger partial charge in [-0.25, -0.2) is 4.79 Å². The fourth-order valence-corrected chi connectivity index (χ4v) is 1.41. The first-order valence-corrected chi connectivity index (χ1v) is 6.15. The highest BCUT2D eigenvalue weighted by Crippen LogP contribution is 2.05. The van der Waals surface area contributed by atoms with Crippen molar-refractivity contribution in [3.05, 3.63) is 47.7 Å². The van der Waals surface area contributed by atoms with Gasteiger partial charge in [0.25, 0.3) is 5.91 Å². The number of nitrogens with zero attached hydrogens (tertiary/aromatic N) is 2. The first-order chi connectivity index (χ1) is 9.60. The average molecular weight is 291 g/mol. The monoisotopic (exact) mass is 291 g/mol. The lowest BCUT2D eigenvalue weighted by atomic mass is 10.2. The topological polar surface area (TPSA) is 94.1 Å². The number of hydrogen-bond acceptors (Lipinski definition) is 5. The average Bonchev–Trinajstić information content (AvgIpc) is 2.46. The second kappa shape index (κ2) is 7.90. The van der Waals surface area contributed by atoms with E-state index in [9.17, 15) is 9.59 Å². The highest BCUT2D eigenvalue weighted by molar-refractivity contribution is 7.80. The molecule has 0 heterocycles. The van der Waals surface area contributed by atoms with E-state index < -0.39 is 11.9 Å². The molecule has 0 atom stereocenters. The molecule has 0 aliphatic carbocycles. The molecule has 1 amide bonds. The first-order valence-electron chi connectivity index (χ1n) is 5.74. The number of nitrogens with two attached hydrogens (primary N) is 1. The molecule has 0 unspecified atom stereocenters. The quantitative estimate of drug-likeness (QED) is 0.396. The van der Waals surface area contributed by atoms with Crippen LogP contribution in [0.1, 0.15) is 17.3 Å². The number of rotatable bonds is 4. The van der Waals surface area contributed by atoms with Gasteiger partial charge in [0, 0.05) is 11.8 Å². The van der Waals surface area contributed by atoms with E-state index in [2.05, 4.69) is 10.2 Å². The maximum absolute atomic E-state index is 11.7. The van der Waals surface area contributed by atoms with Gasteiger partial charge in [-0.2, -0.15) is 0 Å². The maximum atomic E-state index is 11.7. The van der Waals surface area contributed by atoms with E-state index in [1.807, 2.05) is 0 Å². The third kappa shape index (κ3) is 4.36. The van der Waals surface area contributed by atoms with Crippen molar-refractivity contribution in [2.75, 3.05) is 6.61 Å². The number of amides is 1. The summed E-state index contributed by atoms with van der Waals surface area (Å²) in [6.45, 7) is 1.83. The molecule has 1 aromatic carbocycles. The van der Waals surface area contributed by atoms with Crippen LogP contribution >= 0.6 is 12.2 Å². The standard InChI is InChI=1S/C13H13N3O3S/c1-2-19-13(18)10(8-14)12(20)16-15-11(17)9-6-4-3-5-7-9/h3-8H,2,14H2,1H3. The summed E-state index contributed by atoms with van der Waals surface area (Å²) in [6, 6.07) is 8.36. The van der Waals surface area contributed by atoms with E-state index in [1.54, 1.807) is 37.3 Å². The van der Waals surface area contributed by atoms with Crippen LogP contribution in [0.2, 0.25) is 0 Å². The van der Waals surface area contributed by atoms with Gasteiger partial charge >= 0.3 is 5.97 Å². The van der Waals surface area contributed by atoms with Gasteiger partial charge < -0.3 is 10.5 Å². The minimum atomic E-state index is -0.703. The second-order valence-corrected chi connectivity index (χ2v) is 3.86. The molecule has 0 aliphatic rings. The Morgan fingerprint density at radius 3 is 2.50 bits per heavy atom. The lowest BCUT2D eigenvalue weighted by molar-refractivity contribution is -0.137. The Kier molecular flexibility index (Phi) is 6.18. The van der Waals surface area contributed by atoms with Crippen LogP contribution in [0.5, 0.6) is 0 Å². The molecule has 1 rings (SSSR count). The van der Waals surface area contributed by atoms with Gasteiger partial charge in [-0.3, -0.25) is 4.79 Å². The van der Waals surface area contributed by atoms with E-state index in [1.165, 1.54) is 0 Å². The molecular weight excluding hydrogens is 278 g/mol. The zero-order valence-electron chi connectivity index (χ0n) is 10.8. The van der Waals surface area contributed by atoms with Crippen LogP contribution in [0, 0.1) is 0 Å². The molecule has 7 heteroatoms. The van der Waals surface area contributed by atoms with Crippen LogP contribution in [-0.4, -0.2) is 23.5 Å². The summed E-state index contributed by atoms with van der Waals surface area (Å²) in [7, 11) is 0. The molecule has 20 heavy (non-hydrogen) atoms. The number of thiocarbonyl (C=S) groups is 1. The summed E-state index contributed by atoms with van der Waals surface area (Å²) in [5.74, 6) is -1.26. The van der Waals surface area contributed by atoms with Gasteiger partial charge in [0.05, 0.1) is 6.61 Å². The smallest absolute Gasteiger partial charge is 0.342 e. The second-order valence-electron chi connectivity index (χ2n) is 3.48. The Hall–Kier alpha value is -2.41. The Morgan fingerprint density at radius 2 is 1.95 bits per heavy atom. The SMILES string of the molecule is CCOC(=O)C(=CN)C(=S)N=NC(=O)c1ccccc1. The Labute approximate surface area is 121 Å². The molecule has 0 saturated carbocycles. The van der Waals surface area contributed by atoms with Gasteiger partial charge in [-0.15, -0.1) is 10.2 Å². The van der Waals surface area contributed by atoms with E-state index >= 15 is 0 Å². The predicted molar refractivity (Wildman–Crippen MR) is 77.1 cm³/mol. The van der Waals surface area contributed by atoms with Gasteiger partial charge in [0.15, 0.2) is 4.99 Å². The number of carbonyl (C=O) groups is 2. The van der Waals surface area contributed by atoms with Crippen molar-refractivity contribution < 1.29 is 14.3 Å². The maximum Gasteiger partial charge on any atom is 0.342 e. The molecule has 0 radical (unpaired) electrons. The summed E-state index contributed by atoms with van der Waals surface area (Å²) in [4.78, 5) is 23.0. The minimum absolute atomic E-state index is 0.105. The molecule has 0 aliphatic heterocycles. The third-order valence-electron chi connectivity index (χ3n) is 2.14. The van der Waals surface area contributed by atoms with E-state index in [4.69, 9.17) is 22.7 Å². The fourth-order valence-electron chi connectivity index (χ4n) is 1.22. The normalized spacial score (nSPS) is 11.3. The molecule has 6 nitrogen and oxygen atoms in total. The molecule has 0 spiro atoms. The summed E-state index contributed by atoms with van der Waals surface area (Å²) in [5, 5.41) is 6.98. The number of azo groups is 1. The Morgan fingerprint density at radius 1 is 1.30 bits per heavy atom. The third-order valence-corrected chi connectivity index (χ3v) is 2.45. The number of esters is 1. The van der Waals surface area contributed by atoms with E-state index in [-0.39, 0.29) is 17.2 Å². The molecular formula is C13H13N3O3S. The number of benzene rings is 1. The van der Waals surface area contributed by atoms with Crippen molar-refractivity contribution in [3.8, 4) is 0 Å². The first kappa shape index (κ1) is 15.6. The van der Waals surface area contributed by atoms with Gasteiger partial charge in [0.1, 0.15) is 5.57 Å². The molecule has 2 N–H and O–H groups in total. The highest BCUT2D eigenvalue weighted by Gasteiger charge is 2.15. The van der Waals surface area contributed by atoms with Crippen molar-refractivity contribution >= 4 is 29.1 Å². The number of ether oxygens (including phenoxy) is 1. The van der Waals surface area contributed by atoms with Gasteiger partial charge in [-0.1, -0.05) is 30.4 Å². The molecule has 0 saturated heterocycles. The molecule has 104 valence electrons. The Balaban J connectivity index is 2.77. The van der Waals surface area contributed by atoms with Gasteiger partial charge in [-0.05, 0) is 19.1 Å². The lowest BCUT2D eigenvalue weighted by Gasteiger charge is -2.02. The summed E-state index contributed by atoms with van der Waals surface area (Å²) in [6.07, 6.45) is 0.979. The zero-order chi connectivity index (χ0) is 15.0. The van der Waals surface area contributed by atoms with Crippen molar-refractivity contribution in [2.24, 2.45) is 16.0 Å². The van der Waals surface area contributed by atoms with Crippen LogP contribution in [0.4, 0.5) is 0 Å². The highest BCUT2D eigenvalue weighted by atomic mass is 32.1. The van der Waals surface area contributed by atoms with Crippen LogP contribution in [-0.2, 0) is 9.53 Å². The lowest BCUT2D eigenvalue weighted by Crippen LogP contribution is -2.15. The van der Waals surface area contributed by atoms with Crippen molar-refractivity contribution in [1.82, 2.24) is 0 Å². The zero-order valence-corrected chi connectivity index (χ0v) is 11.6. The number of hydrogen-bond donors (Lipinski definition) is 1. The molecule has 0 bridgehead atoms. The fraction of sp³-hybridized carbons (Fsp3) is 0.154. The summed E-state index contributed by atoms with van der Waals surface area (Å²) >= 11 is 4.87. The largest absolute Gasteiger partial charge is 0.462 e. The summed E-state index contributed by atoms with van der Waals surface area (Å²) < 4.78 is 4.75. The van der Waals surface area contributed by atoms with Crippen LogP contribution in [0.25, 0.3) is 0 Å². The molecule has 0 fully saturated rings. The van der Waals surface area contributed by atoms with E-state index in [0.717, 1.165) is 6.20 Å². The van der Waals surface area contributed by atoms with Crippen LogP contribution in [0.15, 0.2) is 52.3 Å². The molecule has 1 aromatic rings. The van der Waals surface area contributed by atoms with Crippen LogP contribution in [0.3, 0.4) is 0 Å². The van der Waals surface area contributed by atoms with Crippen molar-refractivity contribution in [1.29, 1.82) is 0 Å². The minimum Gasteiger partial charge on any atom is -0.462 e. The van der Waals surface area contributed by atoms with E-state index in [0.29, 0.717) is 5.56 Å². The number of carbonyl (C=O) groups excluding carboxylic acids is 2. The predicted octanol–water partition coefficient (Wildman–Crippen LogP) is 2.01. The van der Waals surface area contributed by atoms with Crippen molar-refractivity contribution in [2.45, 2.75) is 6.92 Å². The summed E-state index contributed by atoms with van der Waals surface area (Å²) in [5.41, 5.74) is 5.55. The Bertz CT molecular complexity index is 567. The molecule has 0 aromatic heterocycles. The van der Waals surface area contributed by atoms with Gasteiger partial charge in [0.2, 0.25) is 0 Å².